The Labute approximate surface area is 91.5 Å². The first kappa shape index (κ1) is 12.3. The molecule has 0 aromatic carbocycles. The van der Waals surface area contributed by atoms with Gasteiger partial charge in [0.05, 0.1) is 6.26 Å². The summed E-state index contributed by atoms with van der Waals surface area (Å²) >= 11 is 0. The molecule has 1 unspecified atom stereocenters. The molecule has 3 nitrogen and oxygen atoms in total. The zero-order valence-corrected chi connectivity index (χ0v) is 9.79. The van der Waals surface area contributed by atoms with Crippen LogP contribution in [0.1, 0.15) is 39.1 Å². The summed E-state index contributed by atoms with van der Waals surface area (Å²) in [7, 11) is 0. The third kappa shape index (κ3) is 4.06. The van der Waals surface area contributed by atoms with Gasteiger partial charge in [-0.1, -0.05) is 20.8 Å². The summed E-state index contributed by atoms with van der Waals surface area (Å²) < 4.78 is 5.11. The van der Waals surface area contributed by atoms with Crippen LogP contribution < -0.4 is 5.32 Å². The molecule has 3 heteroatoms. The highest BCUT2D eigenvalue weighted by Gasteiger charge is 2.16. The maximum absolute atomic E-state index is 9.72. The zero-order chi connectivity index (χ0) is 11.3. The predicted molar refractivity (Wildman–Crippen MR) is 60.6 cm³/mol. The van der Waals surface area contributed by atoms with Crippen LogP contribution in [0, 0.1) is 5.41 Å². The molecule has 0 fully saturated rings. The SMILES string of the molecule is CCC(C)(C)CNCC(O)c1ccco1. The smallest absolute Gasteiger partial charge is 0.133 e. The van der Waals surface area contributed by atoms with Crippen LogP contribution in [0.3, 0.4) is 0 Å². The van der Waals surface area contributed by atoms with E-state index in [2.05, 4.69) is 26.1 Å². The predicted octanol–water partition coefficient (Wildman–Crippen LogP) is 2.34. The Balaban J connectivity index is 2.26. The lowest BCUT2D eigenvalue weighted by Crippen LogP contribution is -2.31. The molecular weight excluding hydrogens is 190 g/mol. The number of hydrogen-bond donors (Lipinski definition) is 2. The Morgan fingerprint density at radius 2 is 2.27 bits per heavy atom. The van der Waals surface area contributed by atoms with Crippen LogP contribution in [0.4, 0.5) is 0 Å². The van der Waals surface area contributed by atoms with E-state index in [1.165, 1.54) is 0 Å². The van der Waals surface area contributed by atoms with E-state index in [1.54, 1.807) is 18.4 Å². The van der Waals surface area contributed by atoms with Crippen molar-refractivity contribution in [2.75, 3.05) is 13.1 Å². The number of aliphatic hydroxyl groups excluding tert-OH is 1. The van der Waals surface area contributed by atoms with Crippen molar-refractivity contribution in [1.82, 2.24) is 5.32 Å². The van der Waals surface area contributed by atoms with Gasteiger partial charge in [-0.25, -0.2) is 0 Å². The first-order valence-electron chi connectivity index (χ1n) is 5.47. The maximum Gasteiger partial charge on any atom is 0.133 e. The highest BCUT2D eigenvalue weighted by Crippen LogP contribution is 2.18. The van der Waals surface area contributed by atoms with Gasteiger partial charge >= 0.3 is 0 Å². The van der Waals surface area contributed by atoms with Gasteiger partial charge in [0.2, 0.25) is 0 Å². The summed E-state index contributed by atoms with van der Waals surface area (Å²) in [5, 5.41) is 13.0. The Morgan fingerprint density at radius 3 is 2.80 bits per heavy atom. The molecule has 0 aliphatic carbocycles. The summed E-state index contributed by atoms with van der Waals surface area (Å²) in [6, 6.07) is 3.58. The summed E-state index contributed by atoms with van der Waals surface area (Å²) in [5.41, 5.74) is 0.281. The second-order valence-corrected chi connectivity index (χ2v) is 4.68. The minimum Gasteiger partial charge on any atom is -0.467 e. The normalized spacial score (nSPS) is 14.1. The van der Waals surface area contributed by atoms with Gasteiger partial charge in [-0.15, -0.1) is 0 Å². The van der Waals surface area contributed by atoms with Gasteiger partial charge in [0.1, 0.15) is 11.9 Å². The number of hydrogen-bond acceptors (Lipinski definition) is 3. The van der Waals surface area contributed by atoms with Gasteiger partial charge in [0.15, 0.2) is 0 Å². The highest BCUT2D eigenvalue weighted by molar-refractivity contribution is 5.02. The van der Waals surface area contributed by atoms with Crippen LogP contribution in [-0.4, -0.2) is 18.2 Å². The van der Waals surface area contributed by atoms with Crippen molar-refractivity contribution in [2.24, 2.45) is 5.41 Å². The lowest BCUT2D eigenvalue weighted by atomic mass is 9.90. The van der Waals surface area contributed by atoms with Crippen molar-refractivity contribution in [3.63, 3.8) is 0 Å². The van der Waals surface area contributed by atoms with Crippen molar-refractivity contribution >= 4 is 0 Å². The molecular formula is C12H21NO2. The van der Waals surface area contributed by atoms with Gasteiger partial charge in [-0.3, -0.25) is 0 Å². The van der Waals surface area contributed by atoms with Gasteiger partial charge in [-0.2, -0.15) is 0 Å². The molecule has 0 aliphatic rings. The Hall–Kier alpha value is -0.800. The van der Waals surface area contributed by atoms with Crippen molar-refractivity contribution in [3.05, 3.63) is 24.2 Å². The molecule has 86 valence electrons. The topological polar surface area (TPSA) is 45.4 Å². The molecule has 0 saturated carbocycles. The van der Waals surface area contributed by atoms with Crippen LogP contribution >= 0.6 is 0 Å². The highest BCUT2D eigenvalue weighted by atomic mass is 16.4. The Kier molecular flexibility index (Phi) is 4.36. The fourth-order valence-electron chi connectivity index (χ4n) is 1.25. The van der Waals surface area contributed by atoms with Gasteiger partial charge in [-0.05, 0) is 24.0 Å². The quantitative estimate of drug-likeness (QED) is 0.759. The number of nitrogens with one attached hydrogen (secondary N) is 1. The maximum atomic E-state index is 9.72. The zero-order valence-electron chi connectivity index (χ0n) is 9.79. The molecule has 1 aromatic heterocycles. The molecule has 2 N–H and O–H groups in total. The van der Waals surface area contributed by atoms with Crippen LogP contribution in [0.25, 0.3) is 0 Å². The molecule has 1 atom stereocenters. The number of aliphatic hydroxyl groups is 1. The van der Waals surface area contributed by atoms with Crippen LogP contribution in [-0.2, 0) is 0 Å². The van der Waals surface area contributed by atoms with Crippen molar-refractivity contribution in [2.45, 2.75) is 33.3 Å². The molecule has 1 rings (SSSR count). The van der Waals surface area contributed by atoms with E-state index in [0.717, 1.165) is 13.0 Å². The second kappa shape index (κ2) is 5.33. The molecule has 0 amide bonds. The van der Waals surface area contributed by atoms with Crippen LogP contribution in [0.15, 0.2) is 22.8 Å². The fourth-order valence-corrected chi connectivity index (χ4v) is 1.25. The summed E-state index contributed by atoms with van der Waals surface area (Å²) in [6.45, 7) is 8.03. The summed E-state index contributed by atoms with van der Waals surface area (Å²) in [5.74, 6) is 0.622. The molecule has 1 heterocycles. The molecule has 0 bridgehead atoms. The monoisotopic (exact) mass is 211 g/mol. The summed E-state index contributed by atoms with van der Waals surface area (Å²) in [4.78, 5) is 0. The standard InChI is InChI=1S/C12H21NO2/c1-4-12(2,3)9-13-8-10(14)11-6-5-7-15-11/h5-7,10,13-14H,4,8-9H2,1-3H3. The van der Waals surface area contributed by atoms with Gasteiger partial charge < -0.3 is 14.8 Å². The molecule has 15 heavy (non-hydrogen) atoms. The lowest BCUT2D eigenvalue weighted by Gasteiger charge is -2.23. The van der Waals surface area contributed by atoms with E-state index in [4.69, 9.17) is 4.42 Å². The van der Waals surface area contributed by atoms with Crippen LogP contribution in [0.2, 0.25) is 0 Å². The van der Waals surface area contributed by atoms with Crippen molar-refractivity contribution < 1.29 is 9.52 Å². The number of furan rings is 1. The molecule has 0 aliphatic heterocycles. The lowest BCUT2D eigenvalue weighted by molar-refractivity contribution is 0.142. The van der Waals surface area contributed by atoms with Crippen molar-refractivity contribution in [1.29, 1.82) is 0 Å². The molecule has 0 saturated heterocycles. The molecule has 0 spiro atoms. The average molecular weight is 211 g/mol. The summed E-state index contributed by atoms with van der Waals surface area (Å²) in [6.07, 6.45) is 2.15. The van der Waals surface area contributed by atoms with E-state index in [0.29, 0.717) is 12.3 Å². The Morgan fingerprint density at radius 1 is 1.53 bits per heavy atom. The average Bonchev–Trinajstić information content (AvgIpc) is 2.70. The first-order chi connectivity index (χ1) is 7.05. The second-order valence-electron chi connectivity index (χ2n) is 4.68. The van der Waals surface area contributed by atoms with Crippen molar-refractivity contribution in [3.8, 4) is 0 Å². The minimum atomic E-state index is -0.548. The molecule has 0 radical (unpaired) electrons. The third-order valence-corrected chi connectivity index (χ3v) is 2.77. The minimum absolute atomic E-state index is 0.281. The van der Waals surface area contributed by atoms with E-state index in [-0.39, 0.29) is 5.41 Å². The number of rotatable bonds is 6. The van der Waals surface area contributed by atoms with E-state index in [1.807, 2.05) is 0 Å². The fraction of sp³-hybridized carbons (Fsp3) is 0.667. The largest absolute Gasteiger partial charge is 0.467 e. The molecule has 1 aromatic rings. The van der Waals surface area contributed by atoms with E-state index < -0.39 is 6.10 Å². The van der Waals surface area contributed by atoms with Gasteiger partial charge in [0, 0.05) is 13.1 Å². The van der Waals surface area contributed by atoms with E-state index >= 15 is 0 Å². The third-order valence-electron chi connectivity index (χ3n) is 2.77. The Bertz CT molecular complexity index is 267. The van der Waals surface area contributed by atoms with Crippen LogP contribution in [0.5, 0.6) is 0 Å². The van der Waals surface area contributed by atoms with Gasteiger partial charge in [0.25, 0.3) is 0 Å². The van der Waals surface area contributed by atoms with E-state index in [9.17, 15) is 5.11 Å². The first-order valence-corrected chi connectivity index (χ1v) is 5.47.